The van der Waals surface area contributed by atoms with Crippen LogP contribution in [0, 0.1) is 5.92 Å². The molecule has 1 aromatic rings. The lowest BCUT2D eigenvalue weighted by Crippen LogP contribution is -2.23. The first-order chi connectivity index (χ1) is 9.30. The van der Waals surface area contributed by atoms with Gasteiger partial charge in [-0.15, -0.1) is 0 Å². The lowest BCUT2D eigenvalue weighted by molar-refractivity contribution is 0.161. The Morgan fingerprint density at radius 3 is 2.95 bits per heavy atom. The molecule has 6 heteroatoms. The van der Waals surface area contributed by atoms with Crippen molar-refractivity contribution in [2.75, 3.05) is 50.7 Å². The molecule has 1 aliphatic rings. The minimum atomic E-state index is 0.562. The van der Waals surface area contributed by atoms with Crippen molar-refractivity contribution < 1.29 is 9.47 Å². The van der Waals surface area contributed by atoms with E-state index in [1.54, 1.807) is 20.5 Å². The Morgan fingerprint density at radius 1 is 1.42 bits per heavy atom. The van der Waals surface area contributed by atoms with Crippen molar-refractivity contribution in [1.29, 1.82) is 0 Å². The Kier molecular flexibility index (Phi) is 4.79. The molecule has 2 heterocycles. The molecule has 1 unspecified atom stereocenters. The van der Waals surface area contributed by atoms with Crippen molar-refractivity contribution in [1.82, 2.24) is 9.97 Å². The van der Waals surface area contributed by atoms with Crippen LogP contribution in [0.1, 0.15) is 13.3 Å². The highest BCUT2D eigenvalue weighted by atomic mass is 16.5. The molecule has 0 saturated carbocycles. The van der Waals surface area contributed by atoms with Crippen molar-refractivity contribution in [2.45, 2.75) is 13.3 Å². The van der Waals surface area contributed by atoms with Crippen LogP contribution in [-0.2, 0) is 4.74 Å². The van der Waals surface area contributed by atoms with E-state index in [0.29, 0.717) is 5.92 Å². The van der Waals surface area contributed by atoms with Crippen molar-refractivity contribution >= 4 is 11.6 Å². The highest BCUT2D eigenvalue weighted by Crippen LogP contribution is 2.34. The molecule has 0 radical (unpaired) electrons. The van der Waals surface area contributed by atoms with Gasteiger partial charge in [-0.1, -0.05) is 0 Å². The van der Waals surface area contributed by atoms with Crippen LogP contribution in [0.25, 0.3) is 0 Å². The number of hydrogen-bond acceptors (Lipinski definition) is 6. The molecule has 1 atom stereocenters. The van der Waals surface area contributed by atoms with Crippen molar-refractivity contribution in [3.05, 3.63) is 6.33 Å². The summed E-state index contributed by atoms with van der Waals surface area (Å²) in [6.45, 7) is 5.56. The standard InChI is InChI=1S/C13H22N4O2/c1-4-14-12-11(19-3)13(16-9-15-12)17-6-5-10(7-17)8-18-2/h9-10H,4-8H2,1-3H3,(H,14,15,16). The predicted octanol–water partition coefficient (Wildman–Crippen LogP) is 1.39. The van der Waals surface area contributed by atoms with Gasteiger partial charge < -0.3 is 19.7 Å². The van der Waals surface area contributed by atoms with Crippen LogP contribution in [-0.4, -0.2) is 50.4 Å². The van der Waals surface area contributed by atoms with Crippen LogP contribution in [0.2, 0.25) is 0 Å². The number of nitrogens with one attached hydrogen (secondary N) is 1. The predicted molar refractivity (Wildman–Crippen MR) is 74.9 cm³/mol. The topological polar surface area (TPSA) is 59.5 Å². The van der Waals surface area contributed by atoms with E-state index in [4.69, 9.17) is 9.47 Å². The smallest absolute Gasteiger partial charge is 0.204 e. The Balaban J connectivity index is 2.18. The van der Waals surface area contributed by atoms with Gasteiger partial charge in [-0.2, -0.15) is 0 Å². The summed E-state index contributed by atoms with van der Waals surface area (Å²) in [7, 11) is 3.41. The summed E-state index contributed by atoms with van der Waals surface area (Å²) in [5.74, 6) is 2.91. The first-order valence-corrected chi connectivity index (χ1v) is 6.66. The monoisotopic (exact) mass is 266 g/mol. The summed E-state index contributed by atoms with van der Waals surface area (Å²) in [5, 5.41) is 3.20. The van der Waals surface area contributed by atoms with Crippen LogP contribution in [0.15, 0.2) is 6.33 Å². The van der Waals surface area contributed by atoms with Gasteiger partial charge in [0.15, 0.2) is 11.6 Å². The van der Waals surface area contributed by atoms with E-state index in [-0.39, 0.29) is 0 Å². The van der Waals surface area contributed by atoms with Crippen molar-refractivity contribution in [2.24, 2.45) is 5.92 Å². The molecule has 1 fully saturated rings. The molecule has 0 amide bonds. The lowest BCUT2D eigenvalue weighted by atomic mass is 10.1. The Hall–Kier alpha value is -1.56. The third-order valence-electron chi connectivity index (χ3n) is 3.32. The van der Waals surface area contributed by atoms with Crippen molar-refractivity contribution in [3.8, 4) is 5.75 Å². The highest BCUT2D eigenvalue weighted by Gasteiger charge is 2.26. The third-order valence-corrected chi connectivity index (χ3v) is 3.32. The molecule has 1 N–H and O–H groups in total. The van der Waals surface area contributed by atoms with Gasteiger partial charge in [0.25, 0.3) is 0 Å². The lowest BCUT2D eigenvalue weighted by Gasteiger charge is -2.21. The van der Waals surface area contributed by atoms with E-state index in [0.717, 1.165) is 50.0 Å². The second-order valence-electron chi connectivity index (χ2n) is 4.67. The van der Waals surface area contributed by atoms with Crippen LogP contribution in [0.3, 0.4) is 0 Å². The van der Waals surface area contributed by atoms with Crippen LogP contribution < -0.4 is 15.0 Å². The molecule has 0 aromatic carbocycles. The van der Waals surface area contributed by atoms with E-state index in [9.17, 15) is 0 Å². The summed E-state index contributed by atoms with van der Waals surface area (Å²) in [5.41, 5.74) is 0. The van der Waals surface area contributed by atoms with Crippen LogP contribution in [0.5, 0.6) is 5.75 Å². The fourth-order valence-corrected chi connectivity index (χ4v) is 2.47. The normalized spacial score (nSPS) is 18.7. The molecule has 1 saturated heterocycles. The zero-order valence-electron chi connectivity index (χ0n) is 11.8. The van der Waals surface area contributed by atoms with Crippen LogP contribution in [0.4, 0.5) is 11.6 Å². The van der Waals surface area contributed by atoms with E-state index < -0.39 is 0 Å². The van der Waals surface area contributed by atoms with Gasteiger partial charge in [0.2, 0.25) is 5.75 Å². The summed E-state index contributed by atoms with van der Waals surface area (Å²) in [6, 6.07) is 0. The third kappa shape index (κ3) is 3.07. The van der Waals surface area contributed by atoms with Gasteiger partial charge in [0, 0.05) is 32.7 Å². The Bertz CT molecular complexity index is 414. The van der Waals surface area contributed by atoms with Gasteiger partial charge >= 0.3 is 0 Å². The molecule has 1 aromatic heterocycles. The summed E-state index contributed by atoms with van der Waals surface area (Å²) in [6.07, 6.45) is 2.71. The van der Waals surface area contributed by atoms with E-state index in [1.165, 1.54) is 0 Å². The van der Waals surface area contributed by atoms with Gasteiger partial charge in [0.05, 0.1) is 13.7 Å². The number of aromatic nitrogens is 2. The number of nitrogens with zero attached hydrogens (tertiary/aromatic N) is 3. The molecular formula is C13H22N4O2. The largest absolute Gasteiger partial charge is 0.490 e. The number of anilines is 2. The van der Waals surface area contributed by atoms with Crippen LogP contribution >= 0.6 is 0 Å². The number of hydrogen-bond donors (Lipinski definition) is 1. The molecular weight excluding hydrogens is 244 g/mol. The van der Waals surface area contributed by atoms with Gasteiger partial charge in [-0.25, -0.2) is 9.97 Å². The molecule has 0 spiro atoms. The van der Waals surface area contributed by atoms with E-state index in [2.05, 4.69) is 20.2 Å². The second kappa shape index (κ2) is 6.56. The van der Waals surface area contributed by atoms with Crippen molar-refractivity contribution in [3.63, 3.8) is 0 Å². The molecule has 19 heavy (non-hydrogen) atoms. The average Bonchev–Trinajstić information content (AvgIpc) is 2.88. The first kappa shape index (κ1) is 13.9. The molecule has 2 rings (SSSR count). The van der Waals surface area contributed by atoms with Gasteiger partial charge in [-0.3, -0.25) is 0 Å². The molecule has 0 bridgehead atoms. The fourth-order valence-electron chi connectivity index (χ4n) is 2.47. The maximum atomic E-state index is 5.48. The molecule has 106 valence electrons. The highest BCUT2D eigenvalue weighted by molar-refractivity contribution is 5.65. The Labute approximate surface area is 114 Å². The summed E-state index contributed by atoms with van der Waals surface area (Å²) in [4.78, 5) is 10.8. The zero-order chi connectivity index (χ0) is 13.7. The molecule has 0 aliphatic carbocycles. The van der Waals surface area contributed by atoms with Gasteiger partial charge in [0.1, 0.15) is 6.33 Å². The minimum absolute atomic E-state index is 0.562. The number of ether oxygens (including phenoxy) is 2. The number of methoxy groups -OCH3 is 2. The number of rotatable bonds is 6. The quantitative estimate of drug-likeness (QED) is 0.839. The first-order valence-electron chi connectivity index (χ1n) is 6.66. The second-order valence-corrected chi connectivity index (χ2v) is 4.67. The fraction of sp³-hybridized carbons (Fsp3) is 0.692. The Morgan fingerprint density at radius 2 is 2.26 bits per heavy atom. The molecule has 6 nitrogen and oxygen atoms in total. The summed E-state index contributed by atoms with van der Waals surface area (Å²) >= 11 is 0. The minimum Gasteiger partial charge on any atom is -0.490 e. The zero-order valence-corrected chi connectivity index (χ0v) is 11.8. The van der Waals surface area contributed by atoms with E-state index >= 15 is 0 Å². The molecule has 1 aliphatic heterocycles. The van der Waals surface area contributed by atoms with Gasteiger partial charge in [-0.05, 0) is 13.3 Å². The van der Waals surface area contributed by atoms with E-state index in [1.807, 2.05) is 6.92 Å². The average molecular weight is 266 g/mol. The SMILES string of the molecule is CCNc1ncnc(N2CCC(COC)C2)c1OC. The maximum Gasteiger partial charge on any atom is 0.204 e. The maximum absolute atomic E-state index is 5.48. The summed E-state index contributed by atoms with van der Waals surface area (Å²) < 4.78 is 10.7.